The van der Waals surface area contributed by atoms with Gasteiger partial charge in [0.15, 0.2) is 23.8 Å². The Hall–Kier alpha value is -5.48. The molecule has 1 saturated carbocycles. The van der Waals surface area contributed by atoms with Crippen molar-refractivity contribution < 1.29 is 18.7 Å². The molecule has 16 nitrogen and oxygen atoms in total. The molecule has 17 N–H and O–H groups in total. The maximum atomic E-state index is 13.6. The van der Waals surface area contributed by atoms with E-state index in [1.807, 2.05) is 0 Å². The van der Waals surface area contributed by atoms with Crippen molar-refractivity contribution in [3.05, 3.63) is 47.8 Å². The monoisotopic (exact) mass is 571 g/mol. The van der Waals surface area contributed by atoms with Gasteiger partial charge in [-0.05, 0) is 55.3 Å². The van der Waals surface area contributed by atoms with Crippen LogP contribution in [0.15, 0.2) is 56.4 Å². The van der Waals surface area contributed by atoms with E-state index in [1.54, 1.807) is 19.1 Å². The van der Waals surface area contributed by atoms with Gasteiger partial charge in [0.25, 0.3) is 0 Å². The van der Waals surface area contributed by atoms with Gasteiger partial charge in [0.1, 0.15) is 29.5 Å². The fourth-order valence-corrected chi connectivity index (χ4v) is 4.22. The fourth-order valence-electron chi connectivity index (χ4n) is 4.22. The van der Waals surface area contributed by atoms with Crippen LogP contribution in [0.5, 0.6) is 5.75 Å². The topological polar surface area (TPSA) is 305 Å². The van der Waals surface area contributed by atoms with Gasteiger partial charge in [-0.2, -0.15) is 0 Å². The molecule has 1 amide bonds. The number of aliphatic imine (C=N–C) groups is 4. The third kappa shape index (κ3) is 8.77. The first kappa shape index (κ1) is 30.1. The number of carbonyl (C=O) groups is 1. The number of nitrogens with two attached hydrogens (primary N) is 8. The van der Waals surface area contributed by atoms with Gasteiger partial charge in [-0.15, -0.1) is 0 Å². The highest BCUT2D eigenvalue weighted by Crippen LogP contribution is 2.36. The molecule has 220 valence electrons. The lowest BCUT2D eigenvalue weighted by atomic mass is 9.86. The summed E-state index contributed by atoms with van der Waals surface area (Å²) < 4.78 is 25.6. The van der Waals surface area contributed by atoms with E-state index in [0.717, 1.165) is 0 Å². The summed E-state index contributed by atoms with van der Waals surface area (Å²) in [5, 5.41) is 2.57. The molecule has 2 aromatic rings. The molecule has 0 aromatic heterocycles. The lowest BCUT2D eigenvalue weighted by Gasteiger charge is -2.37. The second-order valence-electron chi connectivity index (χ2n) is 9.13. The summed E-state index contributed by atoms with van der Waals surface area (Å²) in [7, 11) is 0. The van der Waals surface area contributed by atoms with Crippen LogP contribution < -0.4 is 55.9 Å². The van der Waals surface area contributed by atoms with E-state index < -0.39 is 36.2 Å². The van der Waals surface area contributed by atoms with Crippen LogP contribution in [0.25, 0.3) is 0 Å². The molecule has 0 unspecified atom stereocenters. The number of nitrogens with one attached hydrogen (secondary N) is 1. The van der Waals surface area contributed by atoms with E-state index >= 15 is 0 Å². The molecular formula is C24H34FN13O3. The molecule has 1 aliphatic carbocycles. The predicted octanol–water partition coefficient (Wildman–Crippen LogP) is -0.614. The number of guanidine groups is 4. The van der Waals surface area contributed by atoms with Crippen LogP contribution in [-0.4, -0.2) is 54.2 Å². The molecule has 4 atom stereocenters. The van der Waals surface area contributed by atoms with Crippen molar-refractivity contribution in [2.45, 2.75) is 44.1 Å². The number of anilines is 1. The molecule has 3 rings (SSSR count). The molecule has 0 aliphatic heterocycles. The minimum atomic E-state index is -0.887. The molecule has 41 heavy (non-hydrogen) atoms. The first-order valence-corrected chi connectivity index (χ1v) is 12.2. The number of aryl methyl sites for hydroxylation is 1. The summed E-state index contributed by atoms with van der Waals surface area (Å²) >= 11 is 0. The zero-order chi connectivity index (χ0) is 30.3. The summed E-state index contributed by atoms with van der Waals surface area (Å²) in [5.74, 6) is -1.04. The third-order valence-corrected chi connectivity index (χ3v) is 5.83. The molecule has 0 spiro atoms. The van der Waals surface area contributed by atoms with E-state index in [2.05, 4.69) is 25.3 Å². The highest BCUT2D eigenvalue weighted by atomic mass is 19.1. The van der Waals surface area contributed by atoms with Crippen LogP contribution in [0.3, 0.4) is 0 Å². The maximum Gasteiger partial charge on any atom is 0.411 e. The number of nitrogens with zero attached hydrogens (tertiary/aromatic N) is 4. The van der Waals surface area contributed by atoms with Crippen LogP contribution in [-0.2, 0) is 4.74 Å². The Bertz CT molecular complexity index is 1380. The van der Waals surface area contributed by atoms with E-state index in [0.29, 0.717) is 16.9 Å². The number of halogens is 1. The van der Waals surface area contributed by atoms with Crippen molar-refractivity contribution in [2.75, 3.05) is 5.32 Å². The van der Waals surface area contributed by atoms with Crippen LogP contribution in [0.2, 0.25) is 0 Å². The normalized spacial score (nSPS) is 19.7. The van der Waals surface area contributed by atoms with Crippen molar-refractivity contribution in [2.24, 2.45) is 65.8 Å². The average molecular weight is 572 g/mol. The lowest BCUT2D eigenvalue weighted by molar-refractivity contribution is 0.0173. The van der Waals surface area contributed by atoms with E-state index in [1.165, 1.54) is 24.3 Å². The van der Waals surface area contributed by atoms with Crippen LogP contribution >= 0.6 is 0 Å². The second-order valence-corrected chi connectivity index (χ2v) is 9.13. The van der Waals surface area contributed by atoms with Crippen LogP contribution in [0.4, 0.5) is 26.2 Å². The number of amides is 1. The van der Waals surface area contributed by atoms with Gasteiger partial charge in [-0.25, -0.2) is 29.2 Å². The maximum absolute atomic E-state index is 13.6. The highest BCUT2D eigenvalue weighted by molar-refractivity contribution is 5.85. The minimum absolute atomic E-state index is 0.0513. The van der Waals surface area contributed by atoms with E-state index in [4.69, 9.17) is 55.3 Å². The quantitative estimate of drug-likeness (QED) is 0.142. The number of hydrogen-bond donors (Lipinski definition) is 9. The molecule has 1 fully saturated rings. The molecule has 0 saturated heterocycles. The zero-order valence-corrected chi connectivity index (χ0v) is 22.2. The van der Waals surface area contributed by atoms with Gasteiger partial charge in [0, 0.05) is 12.1 Å². The minimum Gasteiger partial charge on any atom is -0.486 e. The van der Waals surface area contributed by atoms with Crippen molar-refractivity contribution >= 4 is 47.0 Å². The standard InChI is InChI=1S/C24H34FN13O3/c1-10-6-11(2-4-13(10)25)35-24(39)41-19-9-18(15(37-22(30)31)8-16(19)38-23(32)33)40-17-5-3-12(34-20(26)27)7-14(17)36-21(28)29/h2-7,15-16,18-19H,8-9H2,1H3,(H,35,39)(H4,26,27,34)(H4,28,29,36)(H4,30,31,37)(H4,32,33,38)/t15-,16+,18-,19+/m0/s1. The first-order chi connectivity index (χ1) is 19.3. The lowest BCUT2D eigenvalue weighted by Crippen LogP contribution is -2.50. The first-order valence-electron chi connectivity index (χ1n) is 12.2. The Labute approximate surface area is 234 Å². The Morgan fingerprint density at radius 3 is 2.05 bits per heavy atom. The zero-order valence-electron chi connectivity index (χ0n) is 22.2. The number of benzene rings is 2. The Balaban J connectivity index is 1.93. The number of carbonyl (C=O) groups excluding carboxylic acids is 1. The predicted molar refractivity (Wildman–Crippen MR) is 155 cm³/mol. The van der Waals surface area contributed by atoms with Crippen molar-refractivity contribution in [3.8, 4) is 5.75 Å². The molecular weight excluding hydrogens is 537 g/mol. The van der Waals surface area contributed by atoms with E-state index in [9.17, 15) is 9.18 Å². The molecule has 0 bridgehead atoms. The molecule has 2 aromatic carbocycles. The van der Waals surface area contributed by atoms with Gasteiger partial charge in [-0.3, -0.25) is 5.32 Å². The molecule has 17 heteroatoms. The Kier molecular flexibility index (Phi) is 9.57. The second kappa shape index (κ2) is 13.0. The van der Waals surface area contributed by atoms with Crippen LogP contribution in [0.1, 0.15) is 18.4 Å². The summed E-state index contributed by atoms with van der Waals surface area (Å²) in [6.45, 7) is 1.56. The molecule has 0 radical (unpaired) electrons. The Morgan fingerprint density at radius 2 is 1.46 bits per heavy atom. The Morgan fingerprint density at radius 1 is 0.829 bits per heavy atom. The summed E-state index contributed by atoms with van der Waals surface area (Å²) in [6, 6.07) is 7.32. The average Bonchev–Trinajstić information content (AvgIpc) is 2.84. The van der Waals surface area contributed by atoms with Gasteiger partial charge in [0.05, 0.1) is 17.8 Å². The number of ether oxygens (including phenoxy) is 2. The highest BCUT2D eigenvalue weighted by Gasteiger charge is 2.41. The van der Waals surface area contributed by atoms with Crippen molar-refractivity contribution in [3.63, 3.8) is 0 Å². The molecule has 1 aliphatic rings. The van der Waals surface area contributed by atoms with Gasteiger partial charge in [0.2, 0.25) is 0 Å². The summed E-state index contributed by atoms with van der Waals surface area (Å²) in [5.41, 5.74) is 46.1. The van der Waals surface area contributed by atoms with Crippen molar-refractivity contribution in [1.29, 1.82) is 0 Å². The number of rotatable bonds is 8. The molecule has 0 heterocycles. The van der Waals surface area contributed by atoms with Crippen LogP contribution in [0, 0.1) is 12.7 Å². The largest absolute Gasteiger partial charge is 0.486 e. The van der Waals surface area contributed by atoms with Gasteiger partial charge < -0.3 is 55.3 Å². The summed E-state index contributed by atoms with van der Waals surface area (Å²) in [6.07, 6.45) is -2.29. The van der Waals surface area contributed by atoms with Gasteiger partial charge in [-0.1, -0.05) is 0 Å². The van der Waals surface area contributed by atoms with Gasteiger partial charge >= 0.3 is 6.09 Å². The third-order valence-electron chi connectivity index (χ3n) is 5.83. The SMILES string of the molecule is Cc1cc(NC(=O)O[C@@H]2C[C@H](Oc3ccc(N=C(N)N)cc3N=C(N)N)[C@@H](N=C(N)N)C[C@H]2N=C(N)N)ccc1F. The fraction of sp³-hybridized carbons (Fsp3) is 0.292. The van der Waals surface area contributed by atoms with E-state index in [-0.39, 0.29) is 48.1 Å². The summed E-state index contributed by atoms with van der Waals surface area (Å²) in [4.78, 5) is 29.4. The van der Waals surface area contributed by atoms with Crippen molar-refractivity contribution in [1.82, 2.24) is 0 Å². The number of hydrogen-bond acceptors (Lipinski definition) is 7. The smallest absolute Gasteiger partial charge is 0.411 e.